The number of benzene rings is 2. The predicted octanol–water partition coefficient (Wildman–Crippen LogP) is 2.40. The van der Waals surface area contributed by atoms with E-state index in [0.717, 1.165) is 17.7 Å². The molecule has 5 heteroatoms. The first kappa shape index (κ1) is 18.0. The van der Waals surface area contributed by atoms with Gasteiger partial charge in [0.25, 0.3) is 0 Å². The maximum atomic E-state index is 12.4. The second-order valence-electron chi connectivity index (χ2n) is 6.54. The number of likely N-dealkylation sites (tertiary alicyclic amines) is 1. The van der Waals surface area contributed by atoms with E-state index in [1.165, 1.54) is 5.56 Å². The largest absolute Gasteiger partial charge is 0.497 e. The topological polar surface area (TPSA) is 58.6 Å². The molecule has 3 rings (SSSR count). The van der Waals surface area contributed by atoms with Gasteiger partial charge in [-0.1, -0.05) is 42.5 Å². The molecular weight excluding hydrogens is 328 g/mol. The first-order valence-corrected chi connectivity index (χ1v) is 8.88. The van der Waals surface area contributed by atoms with Crippen LogP contribution in [0.2, 0.25) is 0 Å². The van der Waals surface area contributed by atoms with Crippen molar-refractivity contribution < 1.29 is 14.3 Å². The van der Waals surface area contributed by atoms with Gasteiger partial charge in [-0.25, -0.2) is 0 Å². The van der Waals surface area contributed by atoms with E-state index in [-0.39, 0.29) is 17.7 Å². The number of methoxy groups -OCH3 is 1. The fourth-order valence-electron chi connectivity index (χ4n) is 3.15. The molecule has 0 aromatic heterocycles. The molecule has 136 valence electrons. The van der Waals surface area contributed by atoms with Gasteiger partial charge in [0.05, 0.1) is 13.0 Å². The Bertz CT molecular complexity index is 744. The van der Waals surface area contributed by atoms with Crippen LogP contribution in [0.25, 0.3) is 0 Å². The van der Waals surface area contributed by atoms with Crippen LogP contribution in [0.15, 0.2) is 54.6 Å². The fourth-order valence-corrected chi connectivity index (χ4v) is 3.15. The van der Waals surface area contributed by atoms with Crippen LogP contribution in [0.5, 0.6) is 5.75 Å². The van der Waals surface area contributed by atoms with E-state index in [4.69, 9.17) is 4.74 Å². The summed E-state index contributed by atoms with van der Waals surface area (Å²) in [5, 5.41) is 2.93. The number of amides is 2. The van der Waals surface area contributed by atoms with Crippen molar-refractivity contribution in [3.05, 3.63) is 65.7 Å². The summed E-state index contributed by atoms with van der Waals surface area (Å²) in [4.78, 5) is 26.4. The van der Waals surface area contributed by atoms with Gasteiger partial charge in [0.1, 0.15) is 5.75 Å². The Labute approximate surface area is 154 Å². The van der Waals surface area contributed by atoms with Gasteiger partial charge in [0.15, 0.2) is 0 Å². The molecular formula is C21H24N2O3. The monoisotopic (exact) mass is 352 g/mol. The van der Waals surface area contributed by atoms with Crippen LogP contribution >= 0.6 is 0 Å². The highest BCUT2D eigenvalue weighted by molar-refractivity contribution is 5.89. The van der Waals surface area contributed by atoms with E-state index in [1.807, 2.05) is 42.5 Å². The number of hydrogen-bond acceptors (Lipinski definition) is 3. The van der Waals surface area contributed by atoms with Gasteiger partial charge in [0, 0.05) is 26.1 Å². The maximum Gasteiger partial charge on any atom is 0.225 e. The Hall–Kier alpha value is -2.82. The van der Waals surface area contributed by atoms with E-state index >= 15 is 0 Å². The molecule has 1 unspecified atom stereocenters. The zero-order chi connectivity index (χ0) is 18.4. The summed E-state index contributed by atoms with van der Waals surface area (Å²) in [5.74, 6) is 0.522. The van der Waals surface area contributed by atoms with Crippen LogP contribution in [0, 0.1) is 5.92 Å². The average molecular weight is 352 g/mol. The highest BCUT2D eigenvalue weighted by Crippen LogP contribution is 2.19. The van der Waals surface area contributed by atoms with E-state index in [2.05, 4.69) is 17.4 Å². The molecule has 1 saturated heterocycles. The number of hydrogen-bond donors (Lipinski definition) is 1. The van der Waals surface area contributed by atoms with E-state index in [0.29, 0.717) is 26.1 Å². The number of carbonyl (C=O) groups is 2. The number of carbonyl (C=O) groups excluding carboxylic acids is 2. The Morgan fingerprint density at radius 3 is 2.54 bits per heavy atom. The van der Waals surface area contributed by atoms with Gasteiger partial charge < -0.3 is 15.0 Å². The standard InChI is InChI=1S/C21H24N2O3/c1-26-19-9-7-17(8-10-19)14-22-21(25)18-13-20(24)23(15-18)12-11-16-5-3-2-4-6-16/h2-10,18H,11-15H2,1H3,(H,22,25). The Kier molecular flexibility index (Phi) is 5.89. The quantitative estimate of drug-likeness (QED) is 0.832. The molecule has 0 radical (unpaired) electrons. The second-order valence-corrected chi connectivity index (χ2v) is 6.54. The van der Waals surface area contributed by atoms with Crippen LogP contribution in [-0.4, -0.2) is 36.9 Å². The van der Waals surface area contributed by atoms with Crippen molar-refractivity contribution >= 4 is 11.8 Å². The second kappa shape index (κ2) is 8.52. The number of nitrogens with zero attached hydrogens (tertiary/aromatic N) is 1. The van der Waals surface area contributed by atoms with Gasteiger partial charge >= 0.3 is 0 Å². The lowest BCUT2D eigenvalue weighted by atomic mass is 10.1. The van der Waals surface area contributed by atoms with Crippen LogP contribution in [0.1, 0.15) is 17.5 Å². The summed E-state index contributed by atoms with van der Waals surface area (Å²) >= 11 is 0. The molecule has 1 fully saturated rings. The molecule has 1 aliphatic rings. The smallest absolute Gasteiger partial charge is 0.225 e. The molecule has 0 saturated carbocycles. The molecule has 2 aromatic rings. The normalized spacial score (nSPS) is 16.6. The van der Waals surface area contributed by atoms with Crippen LogP contribution < -0.4 is 10.1 Å². The molecule has 5 nitrogen and oxygen atoms in total. The van der Waals surface area contributed by atoms with E-state index in [9.17, 15) is 9.59 Å². The van der Waals surface area contributed by atoms with Crippen molar-refractivity contribution in [1.29, 1.82) is 0 Å². The highest BCUT2D eigenvalue weighted by atomic mass is 16.5. The highest BCUT2D eigenvalue weighted by Gasteiger charge is 2.33. The minimum absolute atomic E-state index is 0.0589. The SMILES string of the molecule is COc1ccc(CNC(=O)C2CC(=O)N(CCc3ccccc3)C2)cc1. The first-order chi connectivity index (χ1) is 12.7. The minimum Gasteiger partial charge on any atom is -0.497 e. The minimum atomic E-state index is -0.267. The molecule has 2 amide bonds. The molecule has 0 spiro atoms. The molecule has 1 aliphatic heterocycles. The van der Waals surface area contributed by atoms with Crippen molar-refractivity contribution in [2.45, 2.75) is 19.4 Å². The van der Waals surface area contributed by atoms with Crippen molar-refractivity contribution in [1.82, 2.24) is 10.2 Å². The summed E-state index contributed by atoms with van der Waals surface area (Å²) in [7, 11) is 1.62. The van der Waals surface area contributed by atoms with Crippen LogP contribution in [0.3, 0.4) is 0 Å². The third-order valence-corrected chi connectivity index (χ3v) is 4.72. The summed E-state index contributed by atoms with van der Waals surface area (Å²) in [5.41, 5.74) is 2.21. The Balaban J connectivity index is 1.47. The fraction of sp³-hybridized carbons (Fsp3) is 0.333. The van der Waals surface area contributed by atoms with Crippen molar-refractivity contribution in [2.24, 2.45) is 5.92 Å². The molecule has 1 heterocycles. The summed E-state index contributed by atoms with van der Waals surface area (Å²) in [6.07, 6.45) is 1.11. The number of ether oxygens (including phenoxy) is 1. The molecule has 0 aliphatic carbocycles. The molecule has 0 bridgehead atoms. The molecule has 26 heavy (non-hydrogen) atoms. The lowest BCUT2D eigenvalue weighted by Gasteiger charge is -2.16. The molecule has 2 aromatic carbocycles. The summed E-state index contributed by atoms with van der Waals surface area (Å²) in [6, 6.07) is 17.7. The van der Waals surface area contributed by atoms with Crippen molar-refractivity contribution in [3.63, 3.8) is 0 Å². The molecule has 1 N–H and O–H groups in total. The van der Waals surface area contributed by atoms with Crippen molar-refractivity contribution in [3.8, 4) is 5.75 Å². The van der Waals surface area contributed by atoms with Gasteiger partial charge in [0.2, 0.25) is 11.8 Å². The first-order valence-electron chi connectivity index (χ1n) is 8.88. The third kappa shape index (κ3) is 4.63. The predicted molar refractivity (Wildman–Crippen MR) is 99.7 cm³/mol. The van der Waals surface area contributed by atoms with Gasteiger partial charge in [-0.2, -0.15) is 0 Å². The average Bonchev–Trinajstić information content (AvgIpc) is 3.06. The lowest BCUT2D eigenvalue weighted by molar-refractivity contribution is -0.129. The number of nitrogens with one attached hydrogen (secondary N) is 1. The van der Waals surface area contributed by atoms with Crippen LogP contribution in [0.4, 0.5) is 0 Å². The van der Waals surface area contributed by atoms with Gasteiger partial charge in [-0.3, -0.25) is 9.59 Å². The molecule has 1 atom stereocenters. The summed E-state index contributed by atoms with van der Waals surface area (Å²) in [6.45, 7) is 1.61. The lowest BCUT2D eigenvalue weighted by Crippen LogP contribution is -2.33. The van der Waals surface area contributed by atoms with Gasteiger partial charge in [-0.05, 0) is 29.7 Å². The van der Waals surface area contributed by atoms with E-state index in [1.54, 1.807) is 12.0 Å². The van der Waals surface area contributed by atoms with Gasteiger partial charge in [-0.15, -0.1) is 0 Å². The summed E-state index contributed by atoms with van der Waals surface area (Å²) < 4.78 is 5.12. The van der Waals surface area contributed by atoms with E-state index < -0.39 is 0 Å². The third-order valence-electron chi connectivity index (χ3n) is 4.72. The number of rotatable bonds is 7. The van der Waals surface area contributed by atoms with Crippen LogP contribution in [-0.2, 0) is 22.6 Å². The Morgan fingerprint density at radius 2 is 1.85 bits per heavy atom. The van der Waals surface area contributed by atoms with Crippen molar-refractivity contribution in [2.75, 3.05) is 20.2 Å². The zero-order valence-electron chi connectivity index (χ0n) is 15.0. The Morgan fingerprint density at radius 1 is 1.12 bits per heavy atom. The zero-order valence-corrected chi connectivity index (χ0v) is 15.0. The maximum absolute atomic E-state index is 12.4.